The minimum Gasteiger partial charge on any atom is -0.469 e. The average molecular weight is 338 g/mol. The van der Waals surface area contributed by atoms with E-state index in [-0.39, 0.29) is 5.97 Å². The van der Waals surface area contributed by atoms with Gasteiger partial charge in [-0.3, -0.25) is 4.79 Å². The number of ether oxygens (including phenoxy) is 1. The van der Waals surface area contributed by atoms with Crippen LogP contribution in [0.15, 0.2) is 22.7 Å². The topological polar surface area (TPSA) is 50.2 Å². The number of carbonyl (C=O) groups excluding carboxylic acids is 1. The van der Waals surface area contributed by atoms with Gasteiger partial charge >= 0.3 is 5.97 Å². The molecule has 0 aromatic heterocycles. The molecule has 0 unspecified atom stereocenters. The molecule has 1 aromatic carbocycles. The lowest BCUT2D eigenvalue weighted by atomic mass is 9.96. The number of benzene rings is 1. The fourth-order valence-electron chi connectivity index (χ4n) is 2.30. The Kier molecular flexibility index (Phi) is 5.35. The lowest BCUT2D eigenvalue weighted by molar-refractivity contribution is -0.140. The highest BCUT2D eigenvalue weighted by Gasteiger charge is 2.28. The maximum atomic E-state index is 11.1. The average Bonchev–Trinajstić information content (AvgIpc) is 3.28. The van der Waals surface area contributed by atoms with E-state index in [0.29, 0.717) is 12.3 Å². The van der Waals surface area contributed by atoms with Gasteiger partial charge in [0.2, 0.25) is 0 Å². The summed E-state index contributed by atoms with van der Waals surface area (Å²) < 4.78 is 5.66. The van der Waals surface area contributed by atoms with Crippen molar-refractivity contribution in [2.24, 2.45) is 5.92 Å². The molecule has 1 saturated carbocycles. The summed E-state index contributed by atoms with van der Waals surface area (Å²) in [7, 11) is 1.42. The number of rotatable bonds is 7. The van der Waals surface area contributed by atoms with Crippen LogP contribution in [0.3, 0.4) is 0 Å². The molecule has 0 spiro atoms. The standard InChI is InChI=1S/C16H20BrNO2/c1-20-15(19)5-3-2-4-11-8-9-13(17)10-14(11)16(18)12-6-7-12/h8-10,12,18H,2-7H2,1H3. The quantitative estimate of drug-likeness (QED) is 0.462. The van der Waals surface area contributed by atoms with Gasteiger partial charge in [0.1, 0.15) is 0 Å². The minimum absolute atomic E-state index is 0.147. The fraction of sp³-hybridized carbons (Fsp3) is 0.500. The lowest BCUT2D eigenvalue weighted by Gasteiger charge is -2.11. The van der Waals surface area contributed by atoms with Crippen LogP contribution in [-0.4, -0.2) is 18.8 Å². The van der Waals surface area contributed by atoms with Gasteiger partial charge in [0, 0.05) is 22.5 Å². The van der Waals surface area contributed by atoms with Crippen LogP contribution in [0.4, 0.5) is 0 Å². The van der Waals surface area contributed by atoms with Crippen molar-refractivity contribution < 1.29 is 9.53 Å². The highest BCUT2D eigenvalue weighted by atomic mass is 79.9. The Morgan fingerprint density at radius 3 is 2.80 bits per heavy atom. The third-order valence-electron chi connectivity index (χ3n) is 3.65. The molecule has 1 N–H and O–H groups in total. The first-order valence-electron chi connectivity index (χ1n) is 7.06. The maximum absolute atomic E-state index is 11.1. The van der Waals surface area contributed by atoms with E-state index in [1.165, 1.54) is 12.7 Å². The van der Waals surface area contributed by atoms with Crippen molar-refractivity contribution >= 4 is 27.6 Å². The summed E-state index contributed by atoms with van der Waals surface area (Å²) in [6.45, 7) is 0. The number of hydrogen-bond acceptors (Lipinski definition) is 3. The zero-order valence-electron chi connectivity index (χ0n) is 11.7. The molecule has 20 heavy (non-hydrogen) atoms. The molecule has 0 radical (unpaired) electrons. The third kappa shape index (κ3) is 4.17. The van der Waals surface area contributed by atoms with Gasteiger partial charge in [-0.15, -0.1) is 0 Å². The highest BCUT2D eigenvalue weighted by Crippen LogP contribution is 2.34. The van der Waals surface area contributed by atoms with E-state index < -0.39 is 0 Å². The van der Waals surface area contributed by atoms with E-state index in [1.54, 1.807) is 0 Å². The monoisotopic (exact) mass is 337 g/mol. The van der Waals surface area contributed by atoms with Crippen molar-refractivity contribution in [3.63, 3.8) is 0 Å². The predicted molar refractivity (Wildman–Crippen MR) is 83.3 cm³/mol. The Balaban J connectivity index is 1.96. The van der Waals surface area contributed by atoms with Gasteiger partial charge < -0.3 is 10.1 Å². The van der Waals surface area contributed by atoms with Gasteiger partial charge in [-0.05, 0) is 55.4 Å². The first-order chi connectivity index (χ1) is 9.61. The summed E-state index contributed by atoms with van der Waals surface area (Å²) in [5.74, 6) is 0.310. The second kappa shape index (κ2) is 7.02. The molecule has 0 bridgehead atoms. The van der Waals surface area contributed by atoms with E-state index in [0.717, 1.165) is 47.9 Å². The number of hydrogen-bond donors (Lipinski definition) is 1. The second-order valence-corrected chi connectivity index (χ2v) is 6.19. The van der Waals surface area contributed by atoms with Crippen LogP contribution < -0.4 is 0 Å². The molecule has 0 amide bonds. The van der Waals surface area contributed by atoms with Crippen molar-refractivity contribution in [1.82, 2.24) is 0 Å². The SMILES string of the molecule is COC(=O)CCCCc1ccc(Br)cc1C(=N)C1CC1. The van der Waals surface area contributed by atoms with Crippen molar-refractivity contribution in [2.75, 3.05) is 7.11 Å². The minimum atomic E-state index is -0.147. The molecule has 1 aromatic rings. The maximum Gasteiger partial charge on any atom is 0.305 e. The van der Waals surface area contributed by atoms with Crippen molar-refractivity contribution in [3.05, 3.63) is 33.8 Å². The molecule has 2 rings (SSSR count). The van der Waals surface area contributed by atoms with E-state index >= 15 is 0 Å². The normalized spacial score (nSPS) is 14.1. The molecule has 1 aliphatic carbocycles. The van der Waals surface area contributed by atoms with Crippen molar-refractivity contribution in [2.45, 2.75) is 38.5 Å². The van der Waals surface area contributed by atoms with E-state index in [2.05, 4.69) is 32.8 Å². The lowest BCUT2D eigenvalue weighted by Crippen LogP contribution is -2.06. The Morgan fingerprint density at radius 1 is 1.40 bits per heavy atom. The number of esters is 1. The summed E-state index contributed by atoms with van der Waals surface area (Å²) in [6, 6.07) is 6.17. The van der Waals surface area contributed by atoms with Gasteiger partial charge in [-0.2, -0.15) is 0 Å². The highest BCUT2D eigenvalue weighted by molar-refractivity contribution is 9.10. The largest absolute Gasteiger partial charge is 0.469 e. The Morgan fingerprint density at radius 2 is 2.15 bits per heavy atom. The molecule has 0 saturated heterocycles. The van der Waals surface area contributed by atoms with Gasteiger partial charge in [-0.1, -0.05) is 22.0 Å². The summed E-state index contributed by atoms with van der Waals surface area (Å²) in [6.07, 6.45) is 5.46. The smallest absolute Gasteiger partial charge is 0.305 e. The molecule has 3 nitrogen and oxygen atoms in total. The number of aryl methyl sites for hydroxylation is 1. The van der Waals surface area contributed by atoms with Gasteiger partial charge in [0.05, 0.1) is 7.11 Å². The van der Waals surface area contributed by atoms with Gasteiger partial charge in [-0.25, -0.2) is 0 Å². The number of nitrogens with one attached hydrogen (secondary N) is 1. The summed E-state index contributed by atoms with van der Waals surface area (Å²) in [4.78, 5) is 11.1. The van der Waals surface area contributed by atoms with E-state index in [9.17, 15) is 4.79 Å². The zero-order valence-corrected chi connectivity index (χ0v) is 13.3. The zero-order chi connectivity index (χ0) is 14.5. The molecule has 0 aliphatic heterocycles. The van der Waals surface area contributed by atoms with Crippen LogP contribution in [0.2, 0.25) is 0 Å². The number of carbonyl (C=O) groups is 1. The molecule has 108 valence electrons. The number of unbranched alkanes of at least 4 members (excludes halogenated alkanes) is 1. The Bertz CT molecular complexity index is 509. The first-order valence-corrected chi connectivity index (χ1v) is 7.85. The van der Waals surface area contributed by atoms with Gasteiger partial charge in [0.25, 0.3) is 0 Å². The van der Waals surface area contributed by atoms with E-state index in [4.69, 9.17) is 5.41 Å². The Hall–Kier alpha value is -1.16. The molecule has 4 heteroatoms. The Labute approximate surface area is 128 Å². The van der Waals surface area contributed by atoms with E-state index in [1.807, 2.05) is 6.07 Å². The molecule has 1 fully saturated rings. The predicted octanol–water partition coefficient (Wildman–Crippen LogP) is 4.11. The second-order valence-electron chi connectivity index (χ2n) is 5.27. The molecule has 1 aliphatic rings. The van der Waals surface area contributed by atoms with Gasteiger partial charge in [0.15, 0.2) is 0 Å². The fourth-order valence-corrected chi connectivity index (χ4v) is 2.66. The first kappa shape index (κ1) is 15.2. The van der Waals surface area contributed by atoms with Crippen LogP contribution in [0.1, 0.15) is 43.2 Å². The van der Waals surface area contributed by atoms with Crippen molar-refractivity contribution in [1.29, 1.82) is 5.41 Å². The van der Waals surface area contributed by atoms with Crippen LogP contribution in [0.5, 0.6) is 0 Å². The number of halogens is 1. The summed E-state index contributed by atoms with van der Waals surface area (Å²) >= 11 is 3.49. The summed E-state index contributed by atoms with van der Waals surface area (Å²) in [5, 5.41) is 8.27. The molecule has 0 heterocycles. The molecular weight excluding hydrogens is 318 g/mol. The molecular formula is C16H20BrNO2. The van der Waals surface area contributed by atoms with Crippen LogP contribution >= 0.6 is 15.9 Å². The van der Waals surface area contributed by atoms with Crippen LogP contribution in [0, 0.1) is 11.3 Å². The molecule has 0 atom stereocenters. The third-order valence-corrected chi connectivity index (χ3v) is 4.15. The summed E-state index contributed by atoms with van der Waals surface area (Å²) in [5.41, 5.74) is 3.06. The van der Waals surface area contributed by atoms with Crippen molar-refractivity contribution in [3.8, 4) is 0 Å². The van der Waals surface area contributed by atoms with Crippen LogP contribution in [-0.2, 0) is 16.0 Å². The van der Waals surface area contributed by atoms with Crippen LogP contribution in [0.25, 0.3) is 0 Å². The number of methoxy groups -OCH3 is 1.